The summed E-state index contributed by atoms with van der Waals surface area (Å²) in [7, 11) is 0. The predicted molar refractivity (Wildman–Crippen MR) is 125 cm³/mol. The van der Waals surface area contributed by atoms with Crippen molar-refractivity contribution in [3.05, 3.63) is 40.3 Å². The normalized spacial score (nSPS) is 31.6. The van der Waals surface area contributed by atoms with Gasteiger partial charge in [-0.2, -0.15) is 0 Å². The van der Waals surface area contributed by atoms with Gasteiger partial charge in [-0.1, -0.05) is 38.3 Å². The molecular formula is C26H35N3O3. The van der Waals surface area contributed by atoms with E-state index in [-0.39, 0.29) is 11.7 Å². The van der Waals surface area contributed by atoms with E-state index in [9.17, 15) is 14.7 Å². The number of fused-ring (bicyclic) bond motifs is 3. The zero-order chi connectivity index (χ0) is 22.4. The highest BCUT2D eigenvalue weighted by Crippen LogP contribution is 2.43. The number of carboxylic acid groups (broad SMARTS) is 1. The monoisotopic (exact) mass is 437 g/mol. The quantitative estimate of drug-likeness (QED) is 0.722. The number of piperidine rings is 2. The number of para-hydroxylation sites is 2. The summed E-state index contributed by atoms with van der Waals surface area (Å²) in [4.78, 5) is 31.9. The fraction of sp³-hybridized carbons (Fsp3) is 0.654. The Balaban J connectivity index is 1.44. The van der Waals surface area contributed by atoms with Crippen LogP contribution in [-0.2, 0) is 0 Å². The number of rotatable bonds is 5. The van der Waals surface area contributed by atoms with Crippen molar-refractivity contribution < 1.29 is 9.90 Å². The van der Waals surface area contributed by atoms with Gasteiger partial charge in [0.1, 0.15) is 0 Å². The van der Waals surface area contributed by atoms with Crippen LogP contribution in [-0.4, -0.2) is 43.7 Å². The lowest BCUT2D eigenvalue weighted by Crippen LogP contribution is -2.56. The van der Waals surface area contributed by atoms with E-state index in [1.54, 1.807) is 10.6 Å². The maximum atomic E-state index is 13.2. The van der Waals surface area contributed by atoms with Gasteiger partial charge in [0.15, 0.2) is 0 Å². The Kier molecular flexibility index (Phi) is 5.82. The van der Waals surface area contributed by atoms with Gasteiger partial charge in [0.25, 0.3) is 5.56 Å². The Morgan fingerprint density at radius 3 is 2.47 bits per heavy atom. The van der Waals surface area contributed by atoms with Crippen LogP contribution in [0.3, 0.4) is 0 Å². The molecule has 1 aromatic heterocycles. The van der Waals surface area contributed by atoms with Gasteiger partial charge in [0.05, 0.1) is 11.0 Å². The van der Waals surface area contributed by atoms with Gasteiger partial charge >= 0.3 is 5.97 Å². The summed E-state index contributed by atoms with van der Waals surface area (Å²) in [6.07, 6.45) is 10.8. The molecule has 2 saturated heterocycles. The molecule has 0 spiro atoms. The minimum absolute atomic E-state index is 0.0266. The summed E-state index contributed by atoms with van der Waals surface area (Å²) in [6, 6.07) is 8.99. The van der Waals surface area contributed by atoms with Crippen molar-refractivity contribution in [2.45, 2.75) is 95.8 Å². The molecule has 5 rings (SSSR count). The molecule has 6 heteroatoms. The Labute approximate surface area is 189 Å². The predicted octanol–water partition coefficient (Wildman–Crippen LogP) is 4.87. The zero-order valence-corrected chi connectivity index (χ0v) is 19.2. The van der Waals surface area contributed by atoms with Crippen LogP contribution in [0.2, 0.25) is 0 Å². The number of hydrogen-bond donors (Lipinski definition) is 1. The van der Waals surface area contributed by atoms with Crippen molar-refractivity contribution in [3.63, 3.8) is 0 Å². The van der Waals surface area contributed by atoms with Crippen LogP contribution in [0.4, 0.5) is 0 Å². The van der Waals surface area contributed by atoms with Gasteiger partial charge in [0.2, 0.25) is 5.69 Å². The van der Waals surface area contributed by atoms with Gasteiger partial charge < -0.3 is 9.67 Å². The van der Waals surface area contributed by atoms with E-state index in [1.807, 2.05) is 18.2 Å². The molecule has 3 aliphatic rings. The third-order valence-electron chi connectivity index (χ3n) is 8.36. The average Bonchev–Trinajstić information content (AvgIpc) is 3.16. The standard InChI is InChI=1S/C26H35N3O3/c1-16-10-11-18(12-16)13-17(2)28-19-6-5-7-20(28)15-21(14-19)29-23-9-4-3-8-22(23)27-24(25(29)30)26(31)32/h3-4,8-9,16-21H,5-7,10-15H2,1-2H3,(H,31,32)/t16-,17-,18+,19-,20+,21+/m0/s1. The topological polar surface area (TPSA) is 75.4 Å². The second-order valence-corrected chi connectivity index (χ2v) is 10.6. The molecule has 0 unspecified atom stereocenters. The number of aromatic carboxylic acids is 1. The maximum absolute atomic E-state index is 13.2. The molecule has 172 valence electrons. The van der Waals surface area contributed by atoms with Crippen molar-refractivity contribution in [1.82, 2.24) is 14.5 Å². The van der Waals surface area contributed by atoms with Crippen LogP contribution in [0, 0.1) is 11.8 Å². The summed E-state index contributed by atoms with van der Waals surface area (Å²) in [6.45, 7) is 4.79. The van der Waals surface area contributed by atoms with Gasteiger partial charge in [-0.3, -0.25) is 9.69 Å². The summed E-state index contributed by atoms with van der Waals surface area (Å²) in [5, 5.41) is 9.59. The van der Waals surface area contributed by atoms with Crippen LogP contribution in [0.15, 0.2) is 29.1 Å². The first-order chi connectivity index (χ1) is 15.4. The summed E-state index contributed by atoms with van der Waals surface area (Å²) >= 11 is 0. The molecule has 3 fully saturated rings. The van der Waals surface area contributed by atoms with Crippen LogP contribution in [0.1, 0.15) is 88.2 Å². The van der Waals surface area contributed by atoms with Gasteiger partial charge in [-0.05, 0) is 69.4 Å². The molecule has 1 N–H and O–H groups in total. The molecule has 1 saturated carbocycles. The summed E-state index contributed by atoms with van der Waals surface area (Å²) in [5.41, 5.74) is 0.522. The number of nitrogens with zero attached hydrogens (tertiary/aromatic N) is 3. The van der Waals surface area contributed by atoms with Crippen molar-refractivity contribution in [1.29, 1.82) is 0 Å². The Morgan fingerprint density at radius 1 is 1.09 bits per heavy atom. The molecule has 6 nitrogen and oxygen atoms in total. The first-order valence-electron chi connectivity index (χ1n) is 12.4. The molecule has 2 aliphatic heterocycles. The van der Waals surface area contributed by atoms with Crippen molar-refractivity contribution in [2.24, 2.45) is 11.8 Å². The van der Waals surface area contributed by atoms with E-state index in [4.69, 9.17) is 0 Å². The number of hydrogen-bond acceptors (Lipinski definition) is 4. The van der Waals surface area contributed by atoms with Crippen LogP contribution in [0.25, 0.3) is 11.0 Å². The lowest BCUT2D eigenvalue weighted by molar-refractivity contribution is -0.0184. The molecule has 1 aromatic carbocycles. The van der Waals surface area contributed by atoms with Crippen LogP contribution in [0.5, 0.6) is 0 Å². The minimum Gasteiger partial charge on any atom is -0.476 e. The smallest absolute Gasteiger partial charge is 0.360 e. The first-order valence-corrected chi connectivity index (χ1v) is 12.4. The SMILES string of the molecule is C[C@H]1CC[C@@H](C[C@H](C)N2[C@@H]3CCC[C@H]2C[C@@H](n2c(=O)c(C(=O)O)nc4ccccc42)C3)C1. The fourth-order valence-electron chi connectivity index (χ4n) is 7.12. The van der Waals surface area contributed by atoms with E-state index >= 15 is 0 Å². The Bertz CT molecular complexity index is 1050. The van der Waals surface area contributed by atoms with E-state index in [0.717, 1.165) is 30.2 Å². The third kappa shape index (κ3) is 3.87. The molecule has 32 heavy (non-hydrogen) atoms. The lowest BCUT2D eigenvalue weighted by atomic mass is 9.79. The van der Waals surface area contributed by atoms with Gasteiger partial charge in [0, 0.05) is 24.2 Å². The minimum atomic E-state index is -1.24. The second kappa shape index (κ2) is 8.62. The maximum Gasteiger partial charge on any atom is 0.360 e. The Hall–Kier alpha value is -2.21. The highest BCUT2D eigenvalue weighted by Gasteiger charge is 2.42. The summed E-state index contributed by atoms with van der Waals surface area (Å²) in [5.74, 6) is 0.475. The zero-order valence-electron chi connectivity index (χ0n) is 19.2. The Morgan fingerprint density at radius 2 is 1.81 bits per heavy atom. The highest BCUT2D eigenvalue weighted by atomic mass is 16.4. The lowest BCUT2D eigenvalue weighted by Gasteiger charge is -2.52. The molecule has 0 radical (unpaired) electrons. The van der Waals surface area contributed by atoms with Crippen LogP contribution < -0.4 is 5.56 Å². The molecule has 3 heterocycles. The fourth-order valence-corrected chi connectivity index (χ4v) is 7.12. The van der Waals surface area contributed by atoms with Gasteiger partial charge in [-0.15, -0.1) is 0 Å². The molecule has 2 bridgehead atoms. The average molecular weight is 438 g/mol. The molecule has 1 aliphatic carbocycles. The van der Waals surface area contributed by atoms with Gasteiger partial charge in [-0.25, -0.2) is 9.78 Å². The summed E-state index contributed by atoms with van der Waals surface area (Å²) < 4.78 is 1.76. The van der Waals surface area contributed by atoms with E-state index in [0.29, 0.717) is 23.6 Å². The first kappa shape index (κ1) is 21.6. The molecule has 0 amide bonds. The number of carbonyl (C=O) groups is 1. The third-order valence-corrected chi connectivity index (χ3v) is 8.36. The van der Waals surface area contributed by atoms with E-state index < -0.39 is 11.5 Å². The number of carboxylic acids is 1. The molecular weight excluding hydrogens is 402 g/mol. The highest BCUT2D eigenvalue weighted by molar-refractivity contribution is 5.88. The second-order valence-electron chi connectivity index (χ2n) is 10.6. The molecule has 6 atom stereocenters. The molecule has 2 aromatic rings. The van der Waals surface area contributed by atoms with Crippen LogP contribution >= 0.6 is 0 Å². The van der Waals surface area contributed by atoms with Crippen molar-refractivity contribution >= 4 is 17.0 Å². The van der Waals surface area contributed by atoms with Crippen molar-refractivity contribution in [2.75, 3.05) is 0 Å². The van der Waals surface area contributed by atoms with E-state index in [1.165, 1.54) is 44.9 Å². The number of benzene rings is 1. The van der Waals surface area contributed by atoms with Crippen molar-refractivity contribution in [3.8, 4) is 0 Å². The largest absolute Gasteiger partial charge is 0.476 e. The van der Waals surface area contributed by atoms with E-state index in [2.05, 4.69) is 23.7 Å². The number of aromatic nitrogens is 2.